The van der Waals surface area contributed by atoms with Crippen molar-refractivity contribution in [3.05, 3.63) is 23.9 Å². The lowest BCUT2D eigenvalue weighted by molar-refractivity contribution is 0.726. The Morgan fingerprint density at radius 2 is 2.00 bits per heavy atom. The fraction of sp³-hybridized carbons (Fsp3) is 0.700. The zero-order valence-corrected chi connectivity index (χ0v) is 17.3. The van der Waals surface area contributed by atoms with Gasteiger partial charge in [-0.1, -0.05) is 12.8 Å². The lowest BCUT2D eigenvalue weighted by Gasteiger charge is -2.21. The molecule has 1 aromatic rings. The Hall–Kier alpha value is -1.43. The van der Waals surface area contributed by atoms with Crippen molar-refractivity contribution >= 4 is 23.5 Å². The Kier molecular flexibility index (Phi) is 10.3. The summed E-state index contributed by atoms with van der Waals surface area (Å²) in [6.07, 6.45) is 11.7. The fourth-order valence-corrected chi connectivity index (χ4v) is 3.61. The minimum atomic E-state index is 0.684. The molecule has 0 bridgehead atoms. The van der Waals surface area contributed by atoms with Crippen LogP contribution in [0.15, 0.2) is 23.3 Å². The molecule has 0 saturated carbocycles. The molecule has 0 aromatic carbocycles. The van der Waals surface area contributed by atoms with Gasteiger partial charge in [0.15, 0.2) is 5.96 Å². The Balaban J connectivity index is 1.89. The molecule has 2 rings (SSSR count). The third-order valence-corrected chi connectivity index (χ3v) is 5.27. The molecule has 1 aliphatic heterocycles. The molecule has 0 radical (unpaired) electrons. The molecule has 5 nitrogen and oxygen atoms in total. The van der Waals surface area contributed by atoms with Gasteiger partial charge in [-0.2, -0.15) is 11.8 Å². The molecule has 1 fully saturated rings. The molecule has 0 unspecified atom stereocenters. The van der Waals surface area contributed by atoms with Gasteiger partial charge in [0.25, 0.3) is 0 Å². The predicted molar refractivity (Wildman–Crippen MR) is 115 cm³/mol. The number of guanidine groups is 1. The summed E-state index contributed by atoms with van der Waals surface area (Å²) < 4.78 is 0. The third-order valence-electron chi connectivity index (χ3n) is 4.57. The van der Waals surface area contributed by atoms with E-state index in [1.807, 2.05) is 18.0 Å². The smallest absolute Gasteiger partial charge is 0.191 e. The first kappa shape index (κ1) is 20.9. The molecule has 1 aromatic heterocycles. The fourth-order valence-electron chi connectivity index (χ4n) is 3.12. The monoisotopic (exact) mass is 377 g/mol. The molecular formula is C20H35N5S. The van der Waals surface area contributed by atoms with Crippen LogP contribution in [0.5, 0.6) is 0 Å². The number of pyridine rings is 1. The molecule has 146 valence electrons. The summed E-state index contributed by atoms with van der Waals surface area (Å²) in [4.78, 5) is 11.8. The summed E-state index contributed by atoms with van der Waals surface area (Å²) in [7, 11) is 0. The summed E-state index contributed by atoms with van der Waals surface area (Å²) in [5, 5.41) is 6.78. The number of unbranched alkanes of at least 4 members (excludes halogenated alkanes) is 1. The van der Waals surface area contributed by atoms with Gasteiger partial charge in [-0.15, -0.1) is 0 Å². The van der Waals surface area contributed by atoms with E-state index in [-0.39, 0.29) is 0 Å². The van der Waals surface area contributed by atoms with Crippen LogP contribution >= 0.6 is 11.8 Å². The number of nitrogens with zero attached hydrogens (tertiary/aromatic N) is 3. The minimum Gasteiger partial charge on any atom is -0.357 e. The van der Waals surface area contributed by atoms with Crippen LogP contribution in [0, 0.1) is 0 Å². The number of rotatable bonds is 9. The normalized spacial score (nSPS) is 15.6. The summed E-state index contributed by atoms with van der Waals surface area (Å²) in [5.74, 6) is 3.24. The van der Waals surface area contributed by atoms with Crippen LogP contribution in [0.1, 0.15) is 51.0 Å². The largest absolute Gasteiger partial charge is 0.357 e. The summed E-state index contributed by atoms with van der Waals surface area (Å²) in [6, 6.07) is 4.28. The molecule has 26 heavy (non-hydrogen) atoms. The van der Waals surface area contributed by atoms with Crippen LogP contribution in [0.3, 0.4) is 0 Å². The van der Waals surface area contributed by atoms with E-state index < -0.39 is 0 Å². The van der Waals surface area contributed by atoms with Crippen molar-refractivity contribution in [3.8, 4) is 0 Å². The highest BCUT2D eigenvalue weighted by molar-refractivity contribution is 7.98. The van der Waals surface area contributed by atoms with Gasteiger partial charge in [0.05, 0.1) is 6.54 Å². The van der Waals surface area contributed by atoms with Crippen molar-refractivity contribution in [2.75, 3.05) is 43.1 Å². The molecule has 0 atom stereocenters. The Morgan fingerprint density at radius 1 is 1.19 bits per heavy atom. The van der Waals surface area contributed by atoms with Gasteiger partial charge in [-0.05, 0) is 62.3 Å². The molecule has 2 N–H and O–H groups in total. The van der Waals surface area contributed by atoms with E-state index in [4.69, 9.17) is 4.99 Å². The average Bonchev–Trinajstić information content (AvgIpc) is 2.95. The predicted octanol–water partition coefficient (Wildman–Crippen LogP) is 3.66. The maximum atomic E-state index is 4.75. The van der Waals surface area contributed by atoms with Gasteiger partial charge in [-0.25, -0.2) is 9.98 Å². The van der Waals surface area contributed by atoms with Crippen molar-refractivity contribution < 1.29 is 0 Å². The SMILES string of the molecule is CCNC(=NCc1ccnc(N2CCCCCC2)c1)NCCCCSC. The summed E-state index contributed by atoms with van der Waals surface area (Å²) in [6.45, 7) is 6.89. The van der Waals surface area contributed by atoms with E-state index in [1.54, 1.807) is 0 Å². The van der Waals surface area contributed by atoms with Crippen LogP contribution in [-0.4, -0.2) is 49.1 Å². The maximum absolute atomic E-state index is 4.75. The quantitative estimate of drug-likeness (QED) is 0.391. The average molecular weight is 378 g/mol. The first-order valence-electron chi connectivity index (χ1n) is 10.0. The van der Waals surface area contributed by atoms with Crippen LogP contribution < -0.4 is 15.5 Å². The van der Waals surface area contributed by atoms with Gasteiger partial charge in [0.1, 0.15) is 5.82 Å². The standard InChI is InChI=1S/C20H35N5S/c1-3-21-20(23-11-6-9-15-26-2)24-17-18-10-12-22-19(16-18)25-13-7-4-5-8-14-25/h10,12,16H,3-9,11,13-15,17H2,1-2H3,(H2,21,23,24). The Bertz CT molecular complexity index is 527. The number of thioether (sulfide) groups is 1. The minimum absolute atomic E-state index is 0.684. The molecular weight excluding hydrogens is 342 g/mol. The van der Waals surface area contributed by atoms with E-state index in [1.165, 1.54) is 49.8 Å². The van der Waals surface area contributed by atoms with Gasteiger partial charge < -0.3 is 15.5 Å². The molecule has 1 aliphatic rings. The van der Waals surface area contributed by atoms with Gasteiger partial charge in [0, 0.05) is 32.4 Å². The van der Waals surface area contributed by atoms with E-state index in [2.05, 4.69) is 45.8 Å². The van der Waals surface area contributed by atoms with Gasteiger partial charge in [0.2, 0.25) is 0 Å². The van der Waals surface area contributed by atoms with Crippen molar-refractivity contribution in [2.24, 2.45) is 4.99 Å². The number of aliphatic imine (C=N–C) groups is 1. The van der Waals surface area contributed by atoms with Crippen molar-refractivity contribution in [1.29, 1.82) is 0 Å². The zero-order valence-electron chi connectivity index (χ0n) is 16.5. The molecule has 0 spiro atoms. The van der Waals surface area contributed by atoms with Crippen LogP contribution in [0.2, 0.25) is 0 Å². The number of anilines is 1. The zero-order chi connectivity index (χ0) is 18.5. The first-order valence-corrected chi connectivity index (χ1v) is 11.4. The molecule has 0 amide bonds. The maximum Gasteiger partial charge on any atom is 0.191 e. The number of hydrogen-bond donors (Lipinski definition) is 2. The van der Waals surface area contributed by atoms with E-state index in [9.17, 15) is 0 Å². The Morgan fingerprint density at radius 3 is 2.73 bits per heavy atom. The van der Waals surface area contributed by atoms with E-state index in [0.29, 0.717) is 6.54 Å². The molecule has 2 heterocycles. The lowest BCUT2D eigenvalue weighted by Crippen LogP contribution is -2.37. The highest BCUT2D eigenvalue weighted by Gasteiger charge is 2.11. The summed E-state index contributed by atoms with van der Waals surface area (Å²) in [5.41, 5.74) is 1.22. The lowest BCUT2D eigenvalue weighted by atomic mass is 10.2. The molecule has 6 heteroatoms. The molecule has 1 saturated heterocycles. The third kappa shape index (κ3) is 7.85. The highest BCUT2D eigenvalue weighted by atomic mass is 32.2. The second-order valence-corrected chi connectivity index (χ2v) is 7.73. The second-order valence-electron chi connectivity index (χ2n) is 6.75. The van der Waals surface area contributed by atoms with E-state index >= 15 is 0 Å². The van der Waals surface area contributed by atoms with Crippen molar-refractivity contribution in [3.63, 3.8) is 0 Å². The van der Waals surface area contributed by atoms with Crippen molar-refractivity contribution in [2.45, 2.75) is 52.0 Å². The first-order chi connectivity index (χ1) is 12.8. The Labute approximate surface area is 163 Å². The second kappa shape index (κ2) is 12.8. The van der Waals surface area contributed by atoms with Crippen molar-refractivity contribution in [1.82, 2.24) is 15.6 Å². The highest BCUT2D eigenvalue weighted by Crippen LogP contribution is 2.18. The van der Waals surface area contributed by atoms with Crippen LogP contribution in [-0.2, 0) is 6.54 Å². The van der Waals surface area contributed by atoms with Gasteiger partial charge in [-0.3, -0.25) is 0 Å². The number of nitrogens with one attached hydrogen (secondary N) is 2. The molecule has 0 aliphatic carbocycles. The number of hydrogen-bond acceptors (Lipinski definition) is 4. The van der Waals surface area contributed by atoms with Gasteiger partial charge >= 0.3 is 0 Å². The topological polar surface area (TPSA) is 52.6 Å². The van der Waals surface area contributed by atoms with E-state index in [0.717, 1.165) is 38.0 Å². The van der Waals surface area contributed by atoms with Crippen LogP contribution in [0.25, 0.3) is 0 Å². The van der Waals surface area contributed by atoms with Crippen LogP contribution in [0.4, 0.5) is 5.82 Å². The number of aromatic nitrogens is 1. The summed E-state index contributed by atoms with van der Waals surface area (Å²) >= 11 is 1.91.